The van der Waals surface area contributed by atoms with Gasteiger partial charge < -0.3 is 5.32 Å². The molecule has 0 aliphatic carbocycles. The van der Waals surface area contributed by atoms with Crippen molar-refractivity contribution in [3.8, 4) is 0 Å². The summed E-state index contributed by atoms with van der Waals surface area (Å²) in [6, 6.07) is 7.34. The van der Waals surface area contributed by atoms with Crippen LogP contribution in [0.25, 0.3) is 0 Å². The molecule has 0 radical (unpaired) electrons. The van der Waals surface area contributed by atoms with Crippen LogP contribution in [0.2, 0.25) is 5.02 Å². The normalized spacial score (nSPS) is 19.6. The summed E-state index contributed by atoms with van der Waals surface area (Å²) in [5.41, 5.74) is 0.969. The van der Waals surface area contributed by atoms with Gasteiger partial charge in [-0.05, 0) is 17.7 Å². The van der Waals surface area contributed by atoms with Gasteiger partial charge in [0.2, 0.25) is 0 Å². The lowest BCUT2D eigenvalue weighted by Gasteiger charge is -2.33. The van der Waals surface area contributed by atoms with Crippen LogP contribution in [0.5, 0.6) is 0 Å². The van der Waals surface area contributed by atoms with Crippen LogP contribution in [0.1, 0.15) is 11.6 Å². The summed E-state index contributed by atoms with van der Waals surface area (Å²) < 4.78 is 13.2. The first-order valence-corrected chi connectivity index (χ1v) is 5.95. The maximum atomic E-state index is 13.2. The Bertz CT molecular complexity index is 340. The van der Waals surface area contributed by atoms with Crippen molar-refractivity contribution in [2.45, 2.75) is 6.04 Å². The van der Waals surface area contributed by atoms with Gasteiger partial charge in [-0.3, -0.25) is 4.90 Å². The van der Waals surface area contributed by atoms with Gasteiger partial charge in [-0.1, -0.05) is 23.7 Å². The van der Waals surface area contributed by atoms with Crippen molar-refractivity contribution in [1.29, 1.82) is 0 Å². The van der Waals surface area contributed by atoms with E-state index in [0.717, 1.165) is 31.7 Å². The topological polar surface area (TPSA) is 15.3 Å². The molecule has 1 aromatic carbocycles. The van der Waals surface area contributed by atoms with Gasteiger partial charge in [-0.25, -0.2) is 4.39 Å². The van der Waals surface area contributed by atoms with Gasteiger partial charge in [0.15, 0.2) is 0 Å². The van der Waals surface area contributed by atoms with Gasteiger partial charge in [-0.2, -0.15) is 0 Å². The van der Waals surface area contributed by atoms with Gasteiger partial charge >= 0.3 is 0 Å². The minimum absolute atomic E-state index is 0.152. The second-order valence-electron chi connectivity index (χ2n) is 4.01. The van der Waals surface area contributed by atoms with Crippen LogP contribution in [0.15, 0.2) is 24.3 Å². The highest BCUT2D eigenvalue weighted by Crippen LogP contribution is 2.24. The summed E-state index contributed by atoms with van der Waals surface area (Å²) >= 11 is 5.93. The summed E-state index contributed by atoms with van der Waals surface area (Å²) in [6.07, 6.45) is 0. The predicted molar refractivity (Wildman–Crippen MR) is 64.6 cm³/mol. The zero-order valence-corrected chi connectivity index (χ0v) is 9.88. The van der Waals surface area contributed by atoms with Crippen molar-refractivity contribution in [2.24, 2.45) is 0 Å². The van der Waals surface area contributed by atoms with Gasteiger partial charge in [0, 0.05) is 31.2 Å². The highest BCUT2D eigenvalue weighted by molar-refractivity contribution is 6.30. The van der Waals surface area contributed by atoms with Crippen LogP contribution >= 0.6 is 11.6 Å². The zero-order valence-electron chi connectivity index (χ0n) is 9.13. The predicted octanol–water partition coefficient (Wildman–Crippen LogP) is 2.26. The average Bonchev–Trinajstić information content (AvgIpc) is 2.31. The number of piperazine rings is 1. The maximum Gasteiger partial charge on any atom is 0.109 e. The molecule has 1 aliphatic rings. The van der Waals surface area contributed by atoms with E-state index in [1.807, 2.05) is 24.3 Å². The third-order valence-corrected chi connectivity index (χ3v) is 3.21. The molecular weight excluding hydrogens is 227 g/mol. The van der Waals surface area contributed by atoms with Crippen molar-refractivity contribution >= 4 is 11.6 Å². The highest BCUT2D eigenvalue weighted by atomic mass is 35.5. The summed E-state index contributed by atoms with van der Waals surface area (Å²) in [6.45, 7) is 3.27. The van der Waals surface area contributed by atoms with Gasteiger partial charge in [-0.15, -0.1) is 0 Å². The Labute approximate surface area is 100 Å². The molecule has 2 nitrogen and oxygen atoms in total. The first-order chi connectivity index (χ1) is 7.81. The Morgan fingerprint density at radius 2 is 2.12 bits per heavy atom. The van der Waals surface area contributed by atoms with E-state index in [-0.39, 0.29) is 12.7 Å². The minimum atomic E-state index is -0.361. The smallest absolute Gasteiger partial charge is 0.109 e. The number of nitrogens with one attached hydrogen (secondary N) is 1. The Morgan fingerprint density at radius 1 is 1.38 bits per heavy atom. The van der Waals surface area contributed by atoms with Crippen LogP contribution in [-0.2, 0) is 0 Å². The monoisotopic (exact) mass is 242 g/mol. The van der Waals surface area contributed by atoms with Gasteiger partial charge in [0.1, 0.15) is 6.67 Å². The van der Waals surface area contributed by atoms with E-state index in [1.165, 1.54) is 0 Å². The van der Waals surface area contributed by atoms with E-state index < -0.39 is 0 Å². The molecule has 0 aromatic heterocycles. The molecule has 88 valence electrons. The largest absolute Gasteiger partial charge is 0.314 e. The molecule has 0 spiro atoms. The highest BCUT2D eigenvalue weighted by Gasteiger charge is 2.21. The summed E-state index contributed by atoms with van der Waals surface area (Å²) in [5, 5.41) is 3.94. The number of hydrogen-bond donors (Lipinski definition) is 1. The van der Waals surface area contributed by atoms with Crippen LogP contribution in [-0.4, -0.2) is 37.8 Å². The third kappa shape index (κ3) is 2.73. The zero-order chi connectivity index (χ0) is 11.4. The van der Waals surface area contributed by atoms with E-state index in [0.29, 0.717) is 5.02 Å². The minimum Gasteiger partial charge on any atom is -0.314 e. The van der Waals surface area contributed by atoms with E-state index >= 15 is 0 Å². The van der Waals surface area contributed by atoms with Crippen LogP contribution < -0.4 is 5.32 Å². The molecule has 1 heterocycles. The van der Waals surface area contributed by atoms with E-state index in [4.69, 9.17) is 11.6 Å². The third-order valence-electron chi connectivity index (χ3n) is 2.97. The first-order valence-electron chi connectivity index (χ1n) is 5.57. The van der Waals surface area contributed by atoms with Gasteiger partial charge in [0.25, 0.3) is 0 Å². The van der Waals surface area contributed by atoms with E-state index in [1.54, 1.807) is 0 Å². The molecule has 0 bridgehead atoms. The number of halogens is 2. The Morgan fingerprint density at radius 3 is 2.75 bits per heavy atom. The lowest BCUT2D eigenvalue weighted by atomic mass is 10.1. The fourth-order valence-corrected chi connectivity index (χ4v) is 2.30. The van der Waals surface area contributed by atoms with Crippen molar-refractivity contribution in [3.63, 3.8) is 0 Å². The average molecular weight is 243 g/mol. The number of rotatable bonds is 3. The number of benzene rings is 1. The molecule has 1 aliphatic heterocycles. The Hall–Kier alpha value is -0.640. The lowest BCUT2D eigenvalue weighted by Crippen LogP contribution is -2.45. The second kappa shape index (κ2) is 5.62. The fourth-order valence-electron chi connectivity index (χ4n) is 2.11. The SMILES string of the molecule is FC[C@H](c1cccc(Cl)c1)N1CCNCC1. The fraction of sp³-hybridized carbons (Fsp3) is 0.500. The van der Waals surface area contributed by atoms with Gasteiger partial charge in [0.05, 0.1) is 6.04 Å². The Balaban J connectivity index is 2.14. The van der Waals surface area contributed by atoms with E-state index in [2.05, 4.69) is 10.2 Å². The molecule has 1 atom stereocenters. The first kappa shape index (κ1) is 11.8. The number of nitrogens with zero attached hydrogens (tertiary/aromatic N) is 1. The number of hydrogen-bond acceptors (Lipinski definition) is 2. The van der Waals surface area contributed by atoms with Crippen molar-refractivity contribution < 1.29 is 4.39 Å². The molecule has 0 amide bonds. The quantitative estimate of drug-likeness (QED) is 0.875. The molecule has 2 rings (SSSR count). The molecule has 0 unspecified atom stereocenters. The summed E-state index contributed by atoms with van der Waals surface area (Å²) in [7, 11) is 0. The molecule has 1 saturated heterocycles. The van der Waals surface area contributed by atoms with Crippen LogP contribution in [0, 0.1) is 0 Å². The molecule has 4 heteroatoms. The molecule has 1 fully saturated rings. The van der Waals surface area contributed by atoms with Crippen LogP contribution in [0.4, 0.5) is 4.39 Å². The Kier molecular flexibility index (Phi) is 4.16. The lowest BCUT2D eigenvalue weighted by molar-refractivity contribution is 0.147. The molecular formula is C12H16ClFN2. The van der Waals surface area contributed by atoms with E-state index in [9.17, 15) is 4.39 Å². The maximum absolute atomic E-state index is 13.2. The molecule has 0 saturated carbocycles. The standard InChI is InChI=1S/C12H16ClFN2/c13-11-3-1-2-10(8-11)12(9-14)16-6-4-15-5-7-16/h1-3,8,12,15H,4-7,9H2/t12-/m1/s1. The number of alkyl halides is 1. The molecule has 1 N–H and O–H groups in total. The summed E-state index contributed by atoms with van der Waals surface area (Å²) in [4.78, 5) is 2.17. The van der Waals surface area contributed by atoms with Crippen LogP contribution in [0.3, 0.4) is 0 Å². The van der Waals surface area contributed by atoms with Crippen molar-refractivity contribution in [2.75, 3.05) is 32.9 Å². The van der Waals surface area contributed by atoms with Crippen molar-refractivity contribution in [1.82, 2.24) is 10.2 Å². The molecule has 16 heavy (non-hydrogen) atoms. The van der Waals surface area contributed by atoms with Crippen molar-refractivity contribution in [3.05, 3.63) is 34.9 Å². The second-order valence-corrected chi connectivity index (χ2v) is 4.45. The summed E-state index contributed by atoms with van der Waals surface area (Å²) in [5.74, 6) is 0. The molecule has 1 aromatic rings.